The summed E-state index contributed by atoms with van der Waals surface area (Å²) in [5.74, 6) is 1.50. The number of hydrogen-bond acceptors (Lipinski definition) is 5. The van der Waals surface area contributed by atoms with Gasteiger partial charge < -0.3 is 21.1 Å². The van der Waals surface area contributed by atoms with Gasteiger partial charge in [-0.25, -0.2) is 4.79 Å². The van der Waals surface area contributed by atoms with Crippen LogP contribution in [0.1, 0.15) is 24.5 Å². The molecule has 2 aromatic rings. The maximum Gasteiger partial charge on any atom is 0.319 e. The number of nitrogens with zero attached hydrogens (tertiary/aromatic N) is 1. The summed E-state index contributed by atoms with van der Waals surface area (Å²) >= 11 is 7.67. The van der Waals surface area contributed by atoms with E-state index in [1.165, 1.54) is 0 Å². The minimum Gasteiger partial charge on any atom is -0.495 e. The highest BCUT2D eigenvalue weighted by molar-refractivity contribution is 8.13. The third-order valence-corrected chi connectivity index (χ3v) is 5.70. The summed E-state index contributed by atoms with van der Waals surface area (Å²) in [4.78, 5) is 16.8. The van der Waals surface area contributed by atoms with Gasteiger partial charge in [-0.15, -0.1) is 0 Å². The lowest BCUT2D eigenvalue weighted by molar-refractivity contribution is 0.251. The van der Waals surface area contributed by atoms with Crippen LogP contribution in [0.5, 0.6) is 5.75 Å². The Morgan fingerprint density at radius 2 is 2.18 bits per heavy atom. The smallest absolute Gasteiger partial charge is 0.319 e. The molecule has 0 aliphatic carbocycles. The number of ether oxygens (including phenoxy) is 1. The third-order valence-electron chi connectivity index (χ3n) is 4.61. The molecule has 8 heteroatoms. The predicted octanol–water partition coefficient (Wildman–Crippen LogP) is 4.34. The molecule has 1 heterocycles. The average molecular weight is 419 g/mol. The first kappa shape index (κ1) is 20.4. The van der Waals surface area contributed by atoms with Gasteiger partial charge >= 0.3 is 6.03 Å². The van der Waals surface area contributed by atoms with Crippen LogP contribution in [0.2, 0.25) is 5.02 Å². The van der Waals surface area contributed by atoms with Crippen LogP contribution in [0.25, 0.3) is 0 Å². The Morgan fingerprint density at radius 1 is 1.36 bits per heavy atom. The molecule has 4 N–H and O–H groups in total. The highest BCUT2D eigenvalue weighted by atomic mass is 35.5. The Hall–Kier alpha value is -2.38. The maximum absolute atomic E-state index is 12.2. The molecule has 1 atom stereocenters. The monoisotopic (exact) mass is 418 g/mol. The normalized spacial score (nSPS) is 18.9. The van der Waals surface area contributed by atoms with Gasteiger partial charge in [-0.3, -0.25) is 4.99 Å². The maximum atomic E-state index is 12.2. The minimum atomic E-state index is -0.326. The number of nitrogens with one attached hydrogen (secondary N) is 2. The van der Waals surface area contributed by atoms with Crippen LogP contribution in [0.3, 0.4) is 0 Å². The number of nitrogens with two attached hydrogens (primary N) is 1. The van der Waals surface area contributed by atoms with Crippen molar-refractivity contribution in [1.82, 2.24) is 5.32 Å². The quantitative estimate of drug-likeness (QED) is 0.673. The van der Waals surface area contributed by atoms with Crippen molar-refractivity contribution >= 4 is 40.2 Å². The highest BCUT2D eigenvalue weighted by Crippen LogP contribution is 2.35. The van der Waals surface area contributed by atoms with E-state index < -0.39 is 0 Å². The van der Waals surface area contributed by atoms with Crippen molar-refractivity contribution in [3.8, 4) is 5.75 Å². The third kappa shape index (κ3) is 4.91. The standard InChI is InChI=1S/C20H23ClN4O2S/c1-20(8-9-28-18(22)25-20)14-5-3-4-13(10-14)12-23-19(26)24-15-6-7-17(27-2)16(21)11-15/h3-7,10-11H,8-9,12H2,1-2H3,(H2,22,25)(H2,23,24,26). The number of amidine groups is 1. The van der Waals surface area contributed by atoms with E-state index >= 15 is 0 Å². The highest BCUT2D eigenvalue weighted by Gasteiger charge is 2.29. The summed E-state index contributed by atoms with van der Waals surface area (Å²) in [6.07, 6.45) is 0.925. The number of thioether (sulfide) groups is 1. The summed E-state index contributed by atoms with van der Waals surface area (Å²) < 4.78 is 5.11. The van der Waals surface area contributed by atoms with E-state index in [9.17, 15) is 4.79 Å². The number of urea groups is 1. The van der Waals surface area contributed by atoms with Crippen LogP contribution in [0.15, 0.2) is 47.5 Å². The first-order valence-corrected chi connectivity index (χ1v) is 10.2. The zero-order valence-electron chi connectivity index (χ0n) is 15.8. The lowest BCUT2D eigenvalue weighted by Gasteiger charge is -2.30. The Labute approximate surface area is 173 Å². The molecule has 1 aliphatic rings. The summed E-state index contributed by atoms with van der Waals surface area (Å²) in [7, 11) is 1.54. The van der Waals surface area contributed by atoms with Crippen molar-refractivity contribution < 1.29 is 9.53 Å². The number of methoxy groups -OCH3 is 1. The van der Waals surface area contributed by atoms with Crippen LogP contribution in [0.4, 0.5) is 10.5 Å². The first-order valence-electron chi connectivity index (χ1n) is 8.85. The summed E-state index contributed by atoms with van der Waals surface area (Å²) in [6, 6.07) is 12.8. The second-order valence-corrected chi connectivity index (χ2v) is 8.20. The van der Waals surface area contributed by atoms with Gasteiger partial charge in [0, 0.05) is 18.0 Å². The lowest BCUT2D eigenvalue weighted by Crippen LogP contribution is -2.30. The largest absolute Gasteiger partial charge is 0.495 e. The van der Waals surface area contributed by atoms with Gasteiger partial charge in [0.05, 0.1) is 17.7 Å². The van der Waals surface area contributed by atoms with Crippen molar-refractivity contribution in [3.63, 3.8) is 0 Å². The molecular weight excluding hydrogens is 396 g/mol. The van der Waals surface area contributed by atoms with E-state index in [2.05, 4.69) is 34.7 Å². The van der Waals surface area contributed by atoms with E-state index in [1.54, 1.807) is 37.1 Å². The van der Waals surface area contributed by atoms with E-state index in [0.717, 1.165) is 23.3 Å². The molecule has 1 aliphatic heterocycles. The number of aliphatic imine (C=N–C) groups is 1. The summed E-state index contributed by atoms with van der Waals surface area (Å²) in [6.45, 7) is 2.49. The zero-order valence-corrected chi connectivity index (χ0v) is 17.4. The van der Waals surface area contributed by atoms with Crippen molar-refractivity contribution in [2.24, 2.45) is 10.7 Å². The van der Waals surface area contributed by atoms with E-state index in [0.29, 0.717) is 28.2 Å². The number of benzene rings is 2. The van der Waals surface area contributed by atoms with Gasteiger partial charge in [0.15, 0.2) is 5.17 Å². The SMILES string of the molecule is COc1ccc(NC(=O)NCc2cccc(C3(C)CCSC(N)=N3)c2)cc1Cl. The molecule has 3 rings (SSSR count). The number of halogens is 1. The van der Waals surface area contributed by atoms with Crippen molar-refractivity contribution in [2.75, 3.05) is 18.2 Å². The minimum absolute atomic E-state index is 0.311. The number of carbonyl (C=O) groups excluding carboxylic acids is 1. The Kier molecular flexibility index (Phi) is 6.36. The van der Waals surface area contributed by atoms with Crippen molar-refractivity contribution in [1.29, 1.82) is 0 Å². The number of hydrogen-bond donors (Lipinski definition) is 3. The topological polar surface area (TPSA) is 88.7 Å². The molecule has 148 valence electrons. The van der Waals surface area contributed by atoms with E-state index in [4.69, 9.17) is 22.1 Å². The second kappa shape index (κ2) is 8.75. The van der Waals surface area contributed by atoms with Crippen LogP contribution >= 0.6 is 23.4 Å². The zero-order chi connectivity index (χ0) is 20.1. The Morgan fingerprint density at radius 3 is 2.89 bits per heavy atom. The molecule has 28 heavy (non-hydrogen) atoms. The second-order valence-electron chi connectivity index (χ2n) is 6.68. The molecule has 2 amide bonds. The molecular formula is C20H23ClN4O2S. The molecule has 0 aromatic heterocycles. The van der Waals surface area contributed by atoms with Crippen LogP contribution in [-0.4, -0.2) is 24.1 Å². The summed E-state index contributed by atoms with van der Waals surface area (Å²) in [5.41, 5.74) is 8.27. The van der Waals surface area contributed by atoms with Crippen molar-refractivity contribution in [3.05, 3.63) is 58.6 Å². The number of carbonyl (C=O) groups is 1. The molecule has 0 bridgehead atoms. The number of amides is 2. The fraction of sp³-hybridized carbons (Fsp3) is 0.300. The number of anilines is 1. The fourth-order valence-electron chi connectivity index (χ4n) is 3.01. The summed E-state index contributed by atoms with van der Waals surface area (Å²) in [5, 5.41) is 6.68. The molecule has 0 saturated carbocycles. The van der Waals surface area contributed by atoms with Gasteiger partial charge in [-0.05, 0) is 42.7 Å². The van der Waals surface area contributed by atoms with Crippen LogP contribution in [-0.2, 0) is 12.1 Å². The van der Waals surface area contributed by atoms with Crippen LogP contribution < -0.4 is 21.1 Å². The molecule has 6 nitrogen and oxygen atoms in total. The van der Waals surface area contributed by atoms with E-state index in [1.807, 2.05) is 12.1 Å². The molecule has 0 saturated heterocycles. The van der Waals surface area contributed by atoms with Crippen LogP contribution in [0, 0.1) is 0 Å². The van der Waals surface area contributed by atoms with E-state index in [-0.39, 0.29) is 11.6 Å². The number of rotatable bonds is 5. The average Bonchev–Trinajstić information content (AvgIpc) is 2.67. The Balaban J connectivity index is 1.62. The molecule has 0 radical (unpaired) electrons. The lowest BCUT2D eigenvalue weighted by atomic mass is 9.89. The molecule has 0 fully saturated rings. The van der Waals surface area contributed by atoms with Gasteiger partial charge in [0.25, 0.3) is 0 Å². The Bertz CT molecular complexity index is 906. The molecule has 0 spiro atoms. The first-order chi connectivity index (χ1) is 13.4. The predicted molar refractivity (Wildman–Crippen MR) is 116 cm³/mol. The van der Waals surface area contributed by atoms with Gasteiger partial charge in [-0.2, -0.15) is 0 Å². The van der Waals surface area contributed by atoms with Gasteiger partial charge in [0.1, 0.15) is 5.75 Å². The van der Waals surface area contributed by atoms with Gasteiger partial charge in [-0.1, -0.05) is 47.6 Å². The fourth-order valence-corrected chi connectivity index (χ4v) is 4.25. The van der Waals surface area contributed by atoms with Crippen molar-refractivity contribution in [2.45, 2.75) is 25.4 Å². The molecule has 2 aromatic carbocycles. The molecule has 1 unspecified atom stereocenters. The van der Waals surface area contributed by atoms with Gasteiger partial charge in [0.2, 0.25) is 0 Å².